The molecule has 0 bridgehead atoms. The van der Waals surface area contributed by atoms with Gasteiger partial charge in [-0.15, -0.1) is 0 Å². The fraction of sp³-hybridized carbons (Fsp3) is 0.667. The van der Waals surface area contributed by atoms with Gasteiger partial charge in [-0.3, -0.25) is 0 Å². The molecule has 1 aromatic rings. The molecule has 100 valence electrons. The second-order valence-corrected chi connectivity index (χ2v) is 5.92. The van der Waals surface area contributed by atoms with Gasteiger partial charge in [0.25, 0.3) is 5.19 Å². The van der Waals surface area contributed by atoms with Gasteiger partial charge in [-0.05, 0) is 25.2 Å². The fourth-order valence-electron chi connectivity index (χ4n) is 2.18. The lowest BCUT2D eigenvalue weighted by Crippen LogP contribution is -2.23. The summed E-state index contributed by atoms with van der Waals surface area (Å²) in [6, 6.07) is 0. The van der Waals surface area contributed by atoms with Crippen LogP contribution in [-0.4, -0.2) is 24.2 Å². The summed E-state index contributed by atoms with van der Waals surface area (Å²) in [4.78, 5) is 15.8. The van der Waals surface area contributed by atoms with Gasteiger partial charge in [0.2, 0.25) is 0 Å². The molecule has 6 heteroatoms. The number of nitrogens with zero attached hydrogens (tertiary/aromatic N) is 1. The van der Waals surface area contributed by atoms with Crippen molar-refractivity contribution in [2.24, 2.45) is 5.92 Å². The summed E-state index contributed by atoms with van der Waals surface area (Å²) in [5, 5.41) is 0.616. The summed E-state index contributed by atoms with van der Waals surface area (Å²) >= 11 is 7.03. The van der Waals surface area contributed by atoms with Gasteiger partial charge in [0.05, 0.1) is 7.11 Å². The molecule has 1 heterocycles. The Balaban J connectivity index is 2.03. The van der Waals surface area contributed by atoms with Gasteiger partial charge in [0.1, 0.15) is 6.10 Å². The van der Waals surface area contributed by atoms with Crippen LogP contribution < -0.4 is 4.74 Å². The number of hydrogen-bond acceptors (Lipinski definition) is 5. The summed E-state index contributed by atoms with van der Waals surface area (Å²) in [5.41, 5.74) is 0. The zero-order valence-corrected chi connectivity index (χ0v) is 12.0. The Hall–Kier alpha value is -0.810. The molecule has 0 aromatic carbocycles. The van der Waals surface area contributed by atoms with Crippen LogP contribution >= 0.6 is 22.9 Å². The third kappa shape index (κ3) is 3.14. The van der Waals surface area contributed by atoms with E-state index in [1.807, 2.05) is 0 Å². The van der Waals surface area contributed by atoms with Gasteiger partial charge in [-0.1, -0.05) is 36.3 Å². The maximum absolute atomic E-state index is 11.4. The number of aromatic nitrogens is 1. The van der Waals surface area contributed by atoms with E-state index in [2.05, 4.69) is 16.6 Å². The van der Waals surface area contributed by atoms with Gasteiger partial charge < -0.3 is 9.47 Å². The van der Waals surface area contributed by atoms with Crippen molar-refractivity contribution in [3.8, 4) is 5.19 Å². The van der Waals surface area contributed by atoms with Crippen LogP contribution in [0, 0.1) is 5.92 Å². The van der Waals surface area contributed by atoms with E-state index in [0.29, 0.717) is 16.0 Å². The van der Waals surface area contributed by atoms with Crippen molar-refractivity contribution in [1.29, 1.82) is 0 Å². The molecular weight excluding hydrogens is 274 g/mol. The number of carbonyl (C=O) groups is 1. The average molecular weight is 290 g/mol. The van der Waals surface area contributed by atoms with Crippen molar-refractivity contribution in [2.75, 3.05) is 7.11 Å². The average Bonchev–Trinajstić information content (AvgIpc) is 2.69. The molecule has 2 unspecified atom stereocenters. The molecule has 0 radical (unpaired) electrons. The number of carbonyl (C=O) groups excluding carboxylic acids is 1. The molecule has 1 aliphatic carbocycles. The summed E-state index contributed by atoms with van der Waals surface area (Å²) in [7, 11) is 1.32. The number of hydrogen-bond donors (Lipinski definition) is 0. The van der Waals surface area contributed by atoms with Gasteiger partial charge in [-0.25, -0.2) is 4.79 Å². The molecular formula is C12H16ClNO3S. The van der Waals surface area contributed by atoms with E-state index in [-0.39, 0.29) is 11.3 Å². The molecule has 0 amide bonds. The Morgan fingerprint density at radius 1 is 1.50 bits per heavy atom. The lowest BCUT2D eigenvalue weighted by Gasteiger charge is -2.26. The molecule has 1 fully saturated rings. The Morgan fingerprint density at radius 2 is 2.28 bits per heavy atom. The van der Waals surface area contributed by atoms with Crippen molar-refractivity contribution in [3.63, 3.8) is 0 Å². The van der Waals surface area contributed by atoms with E-state index in [9.17, 15) is 4.79 Å². The first-order valence-electron chi connectivity index (χ1n) is 6.01. The highest BCUT2D eigenvalue weighted by Gasteiger charge is 2.23. The summed E-state index contributed by atoms with van der Waals surface area (Å²) in [6.07, 6.45) is 4.68. The highest BCUT2D eigenvalue weighted by molar-refractivity contribution is 7.15. The predicted molar refractivity (Wildman–Crippen MR) is 70.5 cm³/mol. The molecule has 2 atom stereocenters. The Morgan fingerprint density at radius 3 is 2.94 bits per heavy atom. The molecule has 0 aliphatic heterocycles. The Kier molecular flexibility index (Phi) is 4.45. The van der Waals surface area contributed by atoms with Crippen LogP contribution in [0.2, 0.25) is 5.15 Å². The summed E-state index contributed by atoms with van der Waals surface area (Å²) in [6.45, 7) is 2.23. The van der Waals surface area contributed by atoms with Crippen LogP contribution in [0.5, 0.6) is 5.19 Å². The van der Waals surface area contributed by atoms with Gasteiger partial charge in [-0.2, -0.15) is 4.98 Å². The largest absolute Gasteiger partial charge is 0.467 e. The standard InChI is InChI=1S/C12H16ClNO3S/c1-7-4-3-5-8(6-7)17-12-14-10(13)9(18-12)11(15)16-2/h7-8H,3-6H2,1-2H3. The number of thiazole rings is 1. The molecule has 4 nitrogen and oxygen atoms in total. The maximum Gasteiger partial charge on any atom is 0.351 e. The molecule has 1 saturated carbocycles. The minimum absolute atomic E-state index is 0.158. The van der Waals surface area contributed by atoms with Crippen LogP contribution in [0.15, 0.2) is 0 Å². The molecule has 0 saturated heterocycles. The molecule has 1 aliphatic rings. The van der Waals surface area contributed by atoms with Crippen molar-refractivity contribution < 1.29 is 14.3 Å². The minimum atomic E-state index is -0.468. The van der Waals surface area contributed by atoms with E-state index in [1.165, 1.54) is 20.0 Å². The third-order valence-electron chi connectivity index (χ3n) is 3.09. The topological polar surface area (TPSA) is 48.4 Å². The number of rotatable bonds is 3. The Bertz CT molecular complexity index is 435. The van der Waals surface area contributed by atoms with Gasteiger partial charge in [0, 0.05) is 0 Å². The zero-order chi connectivity index (χ0) is 13.1. The van der Waals surface area contributed by atoms with Crippen molar-refractivity contribution in [2.45, 2.75) is 38.7 Å². The van der Waals surface area contributed by atoms with Crippen molar-refractivity contribution >= 4 is 28.9 Å². The lowest BCUT2D eigenvalue weighted by atomic mass is 9.89. The van der Waals surface area contributed by atoms with Crippen LogP contribution in [0.1, 0.15) is 42.3 Å². The number of esters is 1. The highest BCUT2D eigenvalue weighted by atomic mass is 35.5. The van der Waals surface area contributed by atoms with Crippen LogP contribution in [0.3, 0.4) is 0 Å². The smallest absolute Gasteiger partial charge is 0.351 e. The first-order valence-corrected chi connectivity index (χ1v) is 7.21. The normalized spacial score (nSPS) is 23.7. The van der Waals surface area contributed by atoms with E-state index in [0.717, 1.165) is 24.2 Å². The van der Waals surface area contributed by atoms with Gasteiger partial charge in [0.15, 0.2) is 10.0 Å². The molecule has 18 heavy (non-hydrogen) atoms. The van der Waals surface area contributed by atoms with E-state index >= 15 is 0 Å². The maximum atomic E-state index is 11.4. The van der Waals surface area contributed by atoms with E-state index in [1.54, 1.807) is 0 Å². The monoisotopic (exact) mass is 289 g/mol. The molecule has 1 aromatic heterocycles. The second-order valence-electron chi connectivity index (χ2n) is 4.60. The first kappa shape index (κ1) is 13.6. The minimum Gasteiger partial charge on any atom is -0.467 e. The zero-order valence-electron chi connectivity index (χ0n) is 10.4. The van der Waals surface area contributed by atoms with Crippen molar-refractivity contribution in [3.05, 3.63) is 10.0 Å². The molecule has 0 N–H and O–H groups in total. The summed E-state index contributed by atoms with van der Waals surface area (Å²) in [5.74, 6) is 0.212. The van der Waals surface area contributed by atoms with Crippen molar-refractivity contribution in [1.82, 2.24) is 4.98 Å². The first-order chi connectivity index (χ1) is 8.60. The second kappa shape index (κ2) is 5.89. The van der Waals surface area contributed by atoms with E-state index < -0.39 is 5.97 Å². The number of halogens is 1. The number of methoxy groups -OCH3 is 1. The quantitative estimate of drug-likeness (QED) is 0.799. The molecule has 0 spiro atoms. The number of ether oxygens (including phenoxy) is 2. The van der Waals surface area contributed by atoms with E-state index in [4.69, 9.17) is 16.3 Å². The SMILES string of the molecule is COC(=O)c1sc(OC2CCCC(C)C2)nc1Cl. The third-order valence-corrected chi connectivity index (χ3v) is 4.40. The summed E-state index contributed by atoms with van der Waals surface area (Å²) < 4.78 is 10.4. The van der Waals surface area contributed by atoms with Crippen LogP contribution in [0.25, 0.3) is 0 Å². The lowest BCUT2D eigenvalue weighted by molar-refractivity contribution is 0.0606. The Labute approximate surface area is 115 Å². The highest BCUT2D eigenvalue weighted by Crippen LogP contribution is 2.33. The fourth-order valence-corrected chi connectivity index (χ4v) is 3.29. The molecule has 2 rings (SSSR count). The van der Waals surface area contributed by atoms with Gasteiger partial charge >= 0.3 is 5.97 Å². The van der Waals surface area contributed by atoms with Crippen LogP contribution in [-0.2, 0) is 4.74 Å². The predicted octanol–water partition coefficient (Wildman–Crippen LogP) is 3.54. The van der Waals surface area contributed by atoms with Crippen LogP contribution in [0.4, 0.5) is 0 Å².